The minimum absolute atomic E-state index is 0.354. The fraction of sp³-hybridized carbons (Fsp3) is 0.667. The van der Waals surface area contributed by atoms with Crippen LogP contribution in [0, 0.1) is 0 Å². The molecule has 1 heterocycles. The number of hydrogen-bond donors (Lipinski definition) is 1. The Morgan fingerprint density at radius 1 is 1.73 bits per heavy atom. The number of hydrogen-bond acceptors (Lipinski definition) is 3. The molecule has 11 heavy (non-hydrogen) atoms. The van der Waals surface area contributed by atoms with Crippen molar-refractivity contribution in [3.8, 4) is 0 Å². The molecule has 62 valence electrons. The van der Waals surface area contributed by atoms with Crippen LogP contribution in [0.3, 0.4) is 0 Å². The normalized spacial score (nSPS) is 10.4. The Hall–Kier alpha value is -0.970. The first-order valence-corrected chi connectivity index (χ1v) is 3.44. The van der Waals surface area contributed by atoms with Gasteiger partial charge < -0.3 is 5.32 Å². The molecule has 5 heteroatoms. The third-order valence-electron chi connectivity index (χ3n) is 1.20. The summed E-state index contributed by atoms with van der Waals surface area (Å²) in [4.78, 5) is 3.95. The lowest BCUT2D eigenvalue weighted by Gasteiger charge is -1.95. The van der Waals surface area contributed by atoms with Gasteiger partial charge in [-0.2, -0.15) is 5.10 Å². The van der Waals surface area contributed by atoms with E-state index in [1.54, 1.807) is 18.1 Å². The summed E-state index contributed by atoms with van der Waals surface area (Å²) in [6.07, 6.45) is 1.62. The van der Waals surface area contributed by atoms with Gasteiger partial charge in [-0.15, -0.1) is 0 Å². The Balaban J connectivity index is 2.27. The summed E-state index contributed by atoms with van der Waals surface area (Å²) in [5.74, 6) is 0.695. The quantitative estimate of drug-likeness (QED) is 0.621. The zero-order valence-corrected chi connectivity index (χ0v) is 6.42. The minimum Gasteiger partial charge on any atom is -0.307 e. The van der Waals surface area contributed by atoms with Gasteiger partial charge in [0.2, 0.25) is 0 Å². The fourth-order valence-corrected chi connectivity index (χ4v) is 0.732. The van der Waals surface area contributed by atoms with Gasteiger partial charge in [0, 0.05) is 13.6 Å². The molecule has 0 aliphatic rings. The highest BCUT2D eigenvalue weighted by Gasteiger charge is 1.95. The molecule has 0 unspecified atom stereocenters. The van der Waals surface area contributed by atoms with Crippen molar-refractivity contribution in [1.29, 1.82) is 0 Å². The predicted molar refractivity (Wildman–Crippen MR) is 38.7 cm³/mol. The maximum absolute atomic E-state index is 11.6. The minimum atomic E-state index is -0.354. The second kappa shape index (κ2) is 4.02. The zero-order chi connectivity index (χ0) is 8.10. The van der Waals surface area contributed by atoms with E-state index in [2.05, 4.69) is 15.4 Å². The molecule has 0 fully saturated rings. The predicted octanol–water partition coefficient (Wildman–Crippen LogP) is -0.126. The average Bonchev–Trinajstić information content (AvgIpc) is 2.37. The molecule has 0 spiro atoms. The highest BCUT2D eigenvalue weighted by atomic mass is 19.1. The van der Waals surface area contributed by atoms with Crippen LogP contribution in [0.25, 0.3) is 0 Å². The van der Waals surface area contributed by atoms with Crippen LogP contribution >= 0.6 is 0 Å². The van der Waals surface area contributed by atoms with E-state index in [9.17, 15) is 4.39 Å². The van der Waals surface area contributed by atoms with Gasteiger partial charge in [0.25, 0.3) is 0 Å². The van der Waals surface area contributed by atoms with Gasteiger partial charge in [-0.05, 0) is 0 Å². The molecule has 1 rings (SSSR count). The van der Waals surface area contributed by atoms with Crippen molar-refractivity contribution in [1.82, 2.24) is 20.1 Å². The van der Waals surface area contributed by atoms with E-state index in [0.717, 1.165) is 0 Å². The number of nitrogens with one attached hydrogen (secondary N) is 1. The van der Waals surface area contributed by atoms with Gasteiger partial charge in [-0.25, -0.2) is 9.37 Å². The van der Waals surface area contributed by atoms with Gasteiger partial charge in [0.1, 0.15) is 13.0 Å². The topological polar surface area (TPSA) is 42.7 Å². The first kappa shape index (κ1) is 8.13. The van der Waals surface area contributed by atoms with Crippen molar-refractivity contribution < 1.29 is 4.39 Å². The number of rotatable bonds is 4. The Bertz CT molecular complexity index is 210. The van der Waals surface area contributed by atoms with E-state index in [0.29, 0.717) is 18.9 Å². The molecule has 4 nitrogen and oxygen atoms in total. The van der Waals surface area contributed by atoms with Crippen LogP contribution in [0.5, 0.6) is 0 Å². The number of aromatic nitrogens is 3. The van der Waals surface area contributed by atoms with E-state index in [1.165, 1.54) is 0 Å². The maximum atomic E-state index is 11.6. The highest BCUT2D eigenvalue weighted by molar-refractivity contribution is 4.79. The van der Waals surface area contributed by atoms with Crippen molar-refractivity contribution in [3.05, 3.63) is 12.2 Å². The van der Waals surface area contributed by atoms with Crippen LogP contribution in [0.2, 0.25) is 0 Å². The first-order valence-electron chi connectivity index (χ1n) is 3.44. The molecular weight excluding hydrogens is 147 g/mol. The average molecular weight is 158 g/mol. The molecule has 1 aromatic heterocycles. The van der Waals surface area contributed by atoms with Gasteiger partial charge in [-0.1, -0.05) is 0 Å². The molecule has 0 saturated heterocycles. The largest absolute Gasteiger partial charge is 0.307 e. The van der Waals surface area contributed by atoms with Crippen LogP contribution < -0.4 is 5.32 Å². The summed E-state index contributed by atoms with van der Waals surface area (Å²) in [6, 6.07) is 0. The van der Waals surface area contributed by atoms with E-state index < -0.39 is 0 Å². The zero-order valence-electron chi connectivity index (χ0n) is 6.42. The SMILES string of the molecule is Cn1cnc(CNCCF)n1. The summed E-state index contributed by atoms with van der Waals surface area (Å²) >= 11 is 0. The number of nitrogens with zero attached hydrogens (tertiary/aromatic N) is 3. The molecule has 0 aliphatic heterocycles. The fourth-order valence-electron chi connectivity index (χ4n) is 0.732. The standard InChI is InChI=1S/C6H11FN4/c1-11-5-9-6(10-11)4-8-3-2-7/h5,8H,2-4H2,1H3. The molecule has 0 amide bonds. The smallest absolute Gasteiger partial charge is 0.164 e. The van der Waals surface area contributed by atoms with Crippen LogP contribution in [0.1, 0.15) is 5.82 Å². The van der Waals surface area contributed by atoms with Crippen molar-refractivity contribution in [2.75, 3.05) is 13.2 Å². The lowest BCUT2D eigenvalue weighted by atomic mass is 10.6. The lowest BCUT2D eigenvalue weighted by Crippen LogP contribution is -2.17. The summed E-state index contributed by atoms with van der Waals surface area (Å²) in [5, 5.41) is 6.85. The second-order valence-electron chi connectivity index (χ2n) is 2.20. The van der Waals surface area contributed by atoms with E-state index in [-0.39, 0.29) is 6.67 Å². The molecular formula is C6H11FN4. The number of alkyl halides is 1. The Labute approximate surface area is 64.4 Å². The number of aryl methyl sites for hydroxylation is 1. The molecule has 1 N–H and O–H groups in total. The van der Waals surface area contributed by atoms with Crippen molar-refractivity contribution in [2.45, 2.75) is 6.54 Å². The molecule has 0 bridgehead atoms. The van der Waals surface area contributed by atoms with Crippen LogP contribution in [0.15, 0.2) is 6.33 Å². The monoisotopic (exact) mass is 158 g/mol. The van der Waals surface area contributed by atoms with Crippen LogP contribution in [-0.4, -0.2) is 28.0 Å². The summed E-state index contributed by atoms with van der Waals surface area (Å²) in [6.45, 7) is 0.538. The van der Waals surface area contributed by atoms with Crippen LogP contribution in [-0.2, 0) is 13.6 Å². The third kappa shape index (κ3) is 2.63. The second-order valence-corrected chi connectivity index (χ2v) is 2.20. The molecule has 0 saturated carbocycles. The maximum Gasteiger partial charge on any atom is 0.164 e. The Kier molecular flexibility index (Phi) is 2.97. The Morgan fingerprint density at radius 2 is 2.55 bits per heavy atom. The van der Waals surface area contributed by atoms with E-state index in [1.807, 2.05) is 0 Å². The molecule has 0 atom stereocenters. The molecule has 0 radical (unpaired) electrons. The van der Waals surface area contributed by atoms with Gasteiger partial charge in [0.05, 0.1) is 6.54 Å². The van der Waals surface area contributed by atoms with E-state index in [4.69, 9.17) is 0 Å². The van der Waals surface area contributed by atoms with E-state index >= 15 is 0 Å². The summed E-state index contributed by atoms with van der Waals surface area (Å²) < 4.78 is 13.2. The third-order valence-corrected chi connectivity index (χ3v) is 1.20. The van der Waals surface area contributed by atoms with Gasteiger partial charge in [0.15, 0.2) is 5.82 Å². The van der Waals surface area contributed by atoms with Gasteiger partial charge in [-0.3, -0.25) is 4.68 Å². The lowest BCUT2D eigenvalue weighted by molar-refractivity contribution is 0.463. The Morgan fingerprint density at radius 3 is 3.09 bits per heavy atom. The molecule has 1 aromatic rings. The molecule has 0 aliphatic carbocycles. The van der Waals surface area contributed by atoms with Gasteiger partial charge >= 0.3 is 0 Å². The summed E-state index contributed by atoms with van der Waals surface area (Å²) in [5.41, 5.74) is 0. The summed E-state index contributed by atoms with van der Waals surface area (Å²) in [7, 11) is 1.80. The number of halogens is 1. The van der Waals surface area contributed by atoms with Crippen molar-refractivity contribution in [3.63, 3.8) is 0 Å². The van der Waals surface area contributed by atoms with Crippen LogP contribution in [0.4, 0.5) is 4.39 Å². The van der Waals surface area contributed by atoms with Crippen molar-refractivity contribution in [2.24, 2.45) is 7.05 Å². The molecule has 0 aromatic carbocycles. The van der Waals surface area contributed by atoms with Crippen molar-refractivity contribution >= 4 is 0 Å². The first-order chi connectivity index (χ1) is 5.33. The highest BCUT2D eigenvalue weighted by Crippen LogP contribution is 1.85.